The first-order valence-corrected chi connectivity index (χ1v) is 6.97. The fraction of sp³-hybridized carbons (Fsp3) is 0.375. The number of hydrogen-bond donors (Lipinski definition) is 1. The zero-order valence-electron chi connectivity index (χ0n) is 8.60. The lowest BCUT2D eigenvalue weighted by Crippen LogP contribution is -1.98. The third-order valence-corrected chi connectivity index (χ3v) is 4.56. The normalized spacial score (nSPS) is 12.5. The molecule has 5 nitrogen and oxygen atoms in total. The van der Waals surface area contributed by atoms with Crippen LogP contribution in [0.5, 0.6) is 0 Å². The highest BCUT2D eigenvalue weighted by Gasteiger charge is 2.21. The summed E-state index contributed by atoms with van der Waals surface area (Å²) in [5, 5.41) is 0.0706. The second-order valence-electron chi connectivity index (χ2n) is 3.43. The number of nitrogens with two attached hydrogens (primary N) is 1. The van der Waals surface area contributed by atoms with Gasteiger partial charge >= 0.3 is 0 Å². The zero-order chi connectivity index (χ0) is 11.4. The van der Waals surface area contributed by atoms with Crippen molar-refractivity contribution in [1.29, 1.82) is 0 Å². The van der Waals surface area contributed by atoms with Gasteiger partial charge in [0.05, 0.1) is 0 Å². The van der Waals surface area contributed by atoms with E-state index in [1.54, 1.807) is 4.40 Å². The lowest BCUT2D eigenvalue weighted by molar-refractivity contribution is 0.600. The highest BCUT2D eigenvalue weighted by molar-refractivity contribution is 7.91. The van der Waals surface area contributed by atoms with Gasteiger partial charge in [0.15, 0.2) is 14.9 Å². The third-order valence-electron chi connectivity index (χ3n) is 2.28. The first-order chi connectivity index (χ1) is 6.82. The lowest BCUT2D eigenvalue weighted by Gasteiger charge is -1.92. The Bertz CT molecular complexity index is 636. The van der Waals surface area contributed by atoms with Gasteiger partial charge in [-0.15, -0.1) is 11.3 Å². The summed E-state index contributed by atoms with van der Waals surface area (Å²) in [6.45, 7) is 3.82. The second kappa shape index (κ2) is 2.96. The Kier molecular flexibility index (Phi) is 2.06. The Morgan fingerprint density at radius 2 is 2.00 bits per heavy atom. The number of sulfone groups is 1. The monoisotopic (exact) mass is 245 g/mol. The molecule has 15 heavy (non-hydrogen) atoms. The second-order valence-corrected chi connectivity index (χ2v) is 6.57. The molecular formula is C8H11N3O2S2. The summed E-state index contributed by atoms with van der Waals surface area (Å²) in [4.78, 5) is 5.53. The minimum Gasteiger partial charge on any atom is -0.369 e. The predicted octanol–water partition coefficient (Wildman–Crippen LogP) is 0.998. The summed E-state index contributed by atoms with van der Waals surface area (Å²) < 4.78 is 24.6. The summed E-state index contributed by atoms with van der Waals surface area (Å²) in [6, 6.07) is 0. The molecular weight excluding hydrogens is 234 g/mol. The van der Waals surface area contributed by atoms with Crippen LogP contribution < -0.4 is 5.73 Å². The topological polar surface area (TPSA) is 77.5 Å². The van der Waals surface area contributed by atoms with Crippen LogP contribution in [0.2, 0.25) is 0 Å². The van der Waals surface area contributed by atoms with Gasteiger partial charge in [0, 0.05) is 16.8 Å². The van der Waals surface area contributed by atoms with Gasteiger partial charge in [0.1, 0.15) is 4.83 Å². The molecule has 7 heteroatoms. The van der Waals surface area contributed by atoms with E-state index in [0.29, 0.717) is 4.83 Å². The number of thiazole rings is 1. The van der Waals surface area contributed by atoms with E-state index in [0.717, 1.165) is 16.8 Å². The van der Waals surface area contributed by atoms with Crippen LogP contribution in [0.15, 0.2) is 5.03 Å². The van der Waals surface area contributed by atoms with Gasteiger partial charge in [-0.25, -0.2) is 8.42 Å². The number of imidazole rings is 1. The SMILES string of the molecule is Cc1sc2c(S(C)(=O)=O)nc(N)n2c1C. The van der Waals surface area contributed by atoms with Gasteiger partial charge in [-0.1, -0.05) is 0 Å². The summed E-state index contributed by atoms with van der Waals surface area (Å²) in [5.74, 6) is 0.229. The number of fused-ring (bicyclic) bond motifs is 1. The molecule has 0 radical (unpaired) electrons. The third kappa shape index (κ3) is 1.42. The quantitative estimate of drug-likeness (QED) is 0.813. The standard InChI is InChI=1S/C8H11N3O2S2/c1-4-5(2)14-7-6(15(3,12)13)10-8(9)11(4)7/h1-3H3,(H2,9,10). The van der Waals surface area contributed by atoms with Crippen molar-refractivity contribution >= 4 is 32.0 Å². The zero-order valence-corrected chi connectivity index (χ0v) is 10.2. The summed E-state index contributed by atoms with van der Waals surface area (Å²) in [5.41, 5.74) is 6.62. The van der Waals surface area contributed by atoms with Crippen LogP contribution in [0.25, 0.3) is 4.83 Å². The van der Waals surface area contributed by atoms with Gasteiger partial charge in [-0.05, 0) is 13.8 Å². The van der Waals surface area contributed by atoms with E-state index in [9.17, 15) is 8.42 Å². The van der Waals surface area contributed by atoms with Crippen LogP contribution in [0.3, 0.4) is 0 Å². The maximum absolute atomic E-state index is 11.5. The fourth-order valence-electron chi connectivity index (χ4n) is 1.43. The molecule has 0 aliphatic carbocycles. The van der Waals surface area contributed by atoms with Crippen molar-refractivity contribution in [1.82, 2.24) is 9.38 Å². The molecule has 82 valence electrons. The van der Waals surface area contributed by atoms with Crippen molar-refractivity contribution in [3.63, 3.8) is 0 Å². The van der Waals surface area contributed by atoms with E-state index in [-0.39, 0.29) is 11.0 Å². The van der Waals surface area contributed by atoms with Crippen LogP contribution in [0.1, 0.15) is 10.6 Å². The Morgan fingerprint density at radius 3 is 2.53 bits per heavy atom. The fourth-order valence-corrected chi connectivity index (χ4v) is 3.66. The van der Waals surface area contributed by atoms with E-state index in [1.807, 2.05) is 13.8 Å². The molecule has 0 spiro atoms. The molecule has 0 amide bonds. The molecule has 2 rings (SSSR count). The number of nitrogen functional groups attached to an aromatic ring is 1. The Balaban J connectivity index is 2.97. The summed E-state index contributed by atoms with van der Waals surface area (Å²) in [6.07, 6.45) is 1.14. The van der Waals surface area contributed by atoms with Crippen LogP contribution in [-0.4, -0.2) is 24.1 Å². The van der Waals surface area contributed by atoms with Gasteiger partial charge in [-0.2, -0.15) is 4.98 Å². The molecule has 0 saturated heterocycles. The van der Waals surface area contributed by atoms with E-state index >= 15 is 0 Å². The maximum Gasteiger partial charge on any atom is 0.207 e. The molecule has 0 aromatic carbocycles. The largest absolute Gasteiger partial charge is 0.369 e. The van der Waals surface area contributed by atoms with Crippen LogP contribution >= 0.6 is 11.3 Å². The van der Waals surface area contributed by atoms with Gasteiger partial charge in [-0.3, -0.25) is 4.40 Å². The van der Waals surface area contributed by atoms with Crippen molar-refractivity contribution < 1.29 is 8.42 Å². The minimum atomic E-state index is -3.31. The summed E-state index contributed by atoms with van der Waals surface area (Å²) >= 11 is 1.39. The van der Waals surface area contributed by atoms with Crippen molar-refractivity contribution in [2.45, 2.75) is 18.9 Å². The molecule has 0 unspecified atom stereocenters. The molecule has 0 aliphatic heterocycles. The average Bonchev–Trinajstić information content (AvgIpc) is 2.53. The molecule has 0 saturated carbocycles. The smallest absolute Gasteiger partial charge is 0.207 e. The van der Waals surface area contributed by atoms with Crippen LogP contribution in [0, 0.1) is 13.8 Å². The minimum absolute atomic E-state index is 0.0706. The van der Waals surface area contributed by atoms with Crippen molar-refractivity contribution in [3.8, 4) is 0 Å². The average molecular weight is 245 g/mol. The van der Waals surface area contributed by atoms with E-state index in [2.05, 4.69) is 4.98 Å². The van der Waals surface area contributed by atoms with Gasteiger partial charge in [0.2, 0.25) is 5.95 Å². The lowest BCUT2D eigenvalue weighted by atomic mass is 10.4. The highest BCUT2D eigenvalue weighted by Crippen LogP contribution is 2.30. The van der Waals surface area contributed by atoms with Crippen molar-refractivity contribution in [3.05, 3.63) is 10.6 Å². The maximum atomic E-state index is 11.5. The van der Waals surface area contributed by atoms with Gasteiger partial charge < -0.3 is 5.73 Å². The Morgan fingerprint density at radius 1 is 1.40 bits per heavy atom. The van der Waals surface area contributed by atoms with Crippen LogP contribution in [-0.2, 0) is 9.84 Å². The van der Waals surface area contributed by atoms with Crippen molar-refractivity contribution in [2.24, 2.45) is 0 Å². The molecule has 0 bridgehead atoms. The number of aryl methyl sites for hydroxylation is 2. The number of hydrogen-bond acceptors (Lipinski definition) is 5. The summed E-state index contributed by atoms with van der Waals surface area (Å²) in [7, 11) is -3.31. The molecule has 0 atom stereocenters. The molecule has 0 fully saturated rings. The molecule has 0 aliphatic rings. The highest BCUT2D eigenvalue weighted by atomic mass is 32.2. The molecule has 2 aromatic heterocycles. The Labute approximate surface area is 91.5 Å². The van der Waals surface area contributed by atoms with E-state index in [4.69, 9.17) is 5.73 Å². The molecule has 2 heterocycles. The van der Waals surface area contributed by atoms with Crippen LogP contribution in [0.4, 0.5) is 5.95 Å². The first kappa shape index (κ1) is 10.4. The number of anilines is 1. The molecule has 2 N–H and O–H groups in total. The van der Waals surface area contributed by atoms with E-state index < -0.39 is 9.84 Å². The number of rotatable bonds is 1. The van der Waals surface area contributed by atoms with E-state index in [1.165, 1.54) is 11.3 Å². The number of aromatic nitrogens is 2. The number of nitrogens with zero attached hydrogens (tertiary/aromatic N) is 2. The Hall–Kier alpha value is -1.08. The predicted molar refractivity (Wildman–Crippen MR) is 60.1 cm³/mol. The van der Waals surface area contributed by atoms with Crippen molar-refractivity contribution in [2.75, 3.05) is 12.0 Å². The molecule has 2 aromatic rings. The van der Waals surface area contributed by atoms with Gasteiger partial charge in [0.25, 0.3) is 0 Å². The first-order valence-electron chi connectivity index (χ1n) is 4.26.